The van der Waals surface area contributed by atoms with Gasteiger partial charge in [0.15, 0.2) is 0 Å². The van der Waals surface area contributed by atoms with E-state index in [2.05, 4.69) is 17.2 Å². The average molecular weight is 444 g/mol. The number of fused-ring (bicyclic) bond motifs is 1. The highest BCUT2D eigenvalue weighted by Gasteiger charge is 2.34. The molecular formula is C25H25N5O3. The lowest BCUT2D eigenvalue weighted by atomic mass is 9.82. The van der Waals surface area contributed by atoms with Gasteiger partial charge in [-0.2, -0.15) is 5.26 Å². The fourth-order valence-electron chi connectivity index (χ4n) is 4.62. The summed E-state index contributed by atoms with van der Waals surface area (Å²) in [6, 6.07) is 13.5. The van der Waals surface area contributed by atoms with E-state index < -0.39 is 11.8 Å². The number of aromatic amines is 1. The minimum absolute atomic E-state index is 0.167. The van der Waals surface area contributed by atoms with Gasteiger partial charge >= 0.3 is 0 Å². The zero-order chi connectivity index (χ0) is 23.6. The average Bonchev–Trinajstić information content (AvgIpc) is 3.17. The predicted octanol–water partition coefficient (Wildman–Crippen LogP) is 4.08. The zero-order valence-electron chi connectivity index (χ0n) is 18.4. The van der Waals surface area contributed by atoms with Crippen LogP contribution >= 0.6 is 0 Å². The molecule has 33 heavy (non-hydrogen) atoms. The first kappa shape index (κ1) is 22.1. The third-order valence-electron chi connectivity index (χ3n) is 6.44. The lowest BCUT2D eigenvalue weighted by Crippen LogP contribution is -2.47. The molecule has 4 N–H and O–H groups in total. The molecule has 0 spiro atoms. The van der Waals surface area contributed by atoms with Crippen molar-refractivity contribution in [3.63, 3.8) is 0 Å². The number of aromatic nitrogens is 1. The molecule has 4 rings (SSSR count). The number of hydrogen-bond donors (Lipinski definition) is 3. The van der Waals surface area contributed by atoms with Crippen LogP contribution < -0.4 is 16.0 Å². The number of nitriles is 1. The second-order valence-corrected chi connectivity index (χ2v) is 8.65. The fraction of sp³-hybridized carbons (Fsp3) is 0.280. The number of primary amides is 1. The molecule has 8 nitrogen and oxygen atoms in total. The van der Waals surface area contributed by atoms with Crippen LogP contribution in [0.25, 0.3) is 10.9 Å². The van der Waals surface area contributed by atoms with Crippen LogP contribution in [0.5, 0.6) is 0 Å². The van der Waals surface area contributed by atoms with Gasteiger partial charge in [0, 0.05) is 27.7 Å². The summed E-state index contributed by atoms with van der Waals surface area (Å²) in [6.07, 6.45) is 6.02. The largest absolute Gasteiger partial charge is 0.365 e. The van der Waals surface area contributed by atoms with Crippen LogP contribution in [0, 0.1) is 11.3 Å². The molecule has 0 radical (unpaired) electrons. The number of anilines is 2. The molecule has 2 aromatic carbocycles. The monoisotopic (exact) mass is 443 g/mol. The molecule has 3 aromatic rings. The summed E-state index contributed by atoms with van der Waals surface area (Å²) >= 11 is 0. The van der Waals surface area contributed by atoms with Gasteiger partial charge in [0.05, 0.1) is 17.2 Å². The van der Waals surface area contributed by atoms with Gasteiger partial charge in [0.2, 0.25) is 6.41 Å². The summed E-state index contributed by atoms with van der Waals surface area (Å²) in [5, 5.41) is 12.2. The van der Waals surface area contributed by atoms with Crippen molar-refractivity contribution in [3.8, 4) is 6.07 Å². The number of nitrogens with one attached hydrogen (secondary N) is 2. The van der Waals surface area contributed by atoms with Crippen LogP contribution in [-0.2, 0) is 4.79 Å². The molecular weight excluding hydrogens is 418 g/mol. The molecule has 1 aliphatic rings. The van der Waals surface area contributed by atoms with Gasteiger partial charge in [0.1, 0.15) is 5.82 Å². The second-order valence-electron chi connectivity index (χ2n) is 8.65. The number of carbonyl (C=O) groups excluding carboxylic acids is 3. The molecule has 8 heteroatoms. The molecule has 0 bridgehead atoms. The number of rotatable bonds is 6. The number of nitrogens with two attached hydrogens (primary N) is 1. The third-order valence-corrected chi connectivity index (χ3v) is 6.44. The smallest absolute Gasteiger partial charge is 0.256 e. The Morgan fingerprint density at radius 1 is 1.15 bits per heavy atom. The van der Waals surface area contributed by atoms with Gasteiger partial charge in [-0.3, -0.25) is 14.4 Å². The van der Waals surface area contributed by atoms with Crippen molar-refractivity contribution < 1.29 is 14.4 Å². The van der Waals surface area contributed by atoms with Crippen LogP contribution in [0.15, 0.2) is 42.5 Å². The Morgan fingerprint density at radius 3 is 2.45 bits per heavy atom. The summed E-state index contributed by atoms with van der Waals surface area (Å²) in [7, 11) is 0. The Labute approximate surface area is 191 Å². The number of H-pyrrole nitrogens is 1. The van der Waals surface area contributed by atoms with Crippen LogP contribution in [0.2, 0.25) is 0 Å². The van der Waals surface area contributed by atoms with Crippen LogP contribution in [0.1, 0.15) is 65.3 Å². The third kappa shape index (κ3) is 4.17. The summed E-state index contributed by atoms with van der Waals surface area (Å²) in [6.45, 7) is 2.09. The number of carbonyl (C=O) groups is 3. The summed E-state index contributed by atoms with van der Waals surface area (Å²) in [5.74, 6) is -0.945. The molecule has 0 saturated heterocycles. The van der Waals surface area contributed by atoms with Gasteiger partial charge < -0.3 is 20.9 Å². The van der Waals surface area contributed by atoms with Gasteiger partial charge in [0.25, 0.3) is 11.8 Å². The molecule has 1 saturated carbocycles. The van der Waals surface area contributed by atoms with E-state index in [1.807, 2.05) is 6.07 Å². The predicted molar refractivity (Wildman–Crippen MR) is 126 cm³/mol. The van der Waals surface area contributed by atoms with Gasteiger partial charge in [-0.15, -0.1) is 0 Å². The molecule has 1 heterocycles. The molecule has 1 fully saturated rings. The van der Waals surface area contributed by atoms with Crippen molar-refractivity contribution in [1.82, 2.24) is 4.98 Å². The van der Waals surface area contributed by atoms with Crippen molar-refractivity contribution in [2.75, 3.05) is 10.2 Å². The Morgan fingerprint density at radius 2 is 1.85 bits per heavy atom. The number of amides is 3. The molecule has 0 aliphatic heterocycles. The lowest BCUT2D eigenvalue weighted by Gasteiger charge is -2.42. The maximum Gasteiger partial charge on any atom is 0.256 e. The normalized spacial score (nSPS) is 14.9. The zero-order valence-corrected chi connectivity index (χ0v) is 18.4. The molecule has 1 aromatic heterocycles. The first-order chi connectivity index (χ1) is 15.9. The van der Waals surface area contributed by atoms with Crippen LogP contribution in [-0.4, -0.2) is 28.7 Å². The minimum Gasteiger partial charge on any atom is -0.365 e. The van der Waals surface area contributed by atoms with Crippen molar-refractivity contribution in [1.29, 1.82) is 5.26 Å². The van der Waals surface area contributed by atoms with Crippen molar-refractivity contribution in [3.05, 3.63) is 59.2 Å². The summed E-state index contributed by atoms with van der Waals surface area (Å²) < 4.78 is 0. The van der Waals surface area contributed by atoms with Crippen molar-refractivity contribution in [2.24, 2.45) is 5.73 Å². The van der Waals surface area contributed by atoms with Crippen LogP contribution in [0.3, 0.4) is 0 Å². The summed E-state index contributed by atoms with van der Waals surface area (Å²) in [5.41, 5.74) is 7.60. The van der Waals surface area contributed by atoms with E-state index in [-0.39, 0.29) is 16.9 Å². The second kappa shape index (κ2) is 8.79. The lowest BCUT2D eigenvalue weighted by molar-refractivity contribution is -0.108. The number of benzene rings is 2. The highest BCUT2D eigenvalue weighted by Crippen LogP contribution is 2.37. The molecule has 0 atom stereocenters. The van der Waals surface area contributed by atoms with E-state index in [9.17, 15) is 14.4 Å². The standard InChI is InChI=1S/C25H25N5O3/c1-25(11-3-2-4-12-25)30(15-31)18-9-10-19-20(13-18)28-23(21(19)22(27)32)29-24(33)17-7-5-16(14-26)6-8-17/h5-10,13,15,28H,2-4,11-12H2,1H3,(H2,27,32)(H,29,33). The van der Waals surface area contributed by atoms with E-state index >= 15 is 0 Å². The Balaban J connectivity index is 1.69. The molecule has 1 aliphatic carbocycles. The number of hydrogen-bond acceptors (Lipinski definition) is 4. The Bertz CT molecular complexity index is 1260. The number of nitrogens with zero attached hydrogens (tertiary/aromatic N) is 2. The topological polar surface area (TPSA) is 132 Å². The Hall–Kier alpha value is -4.12. The molecule has 3 amide bonds. The van der Waals surface area contributed by atoms with Crippen LogP contribution in [0.4, 0.5) is 11.5 Å². The van der Waals surface area contributed by atoms with Gasteiger partial charge in [-0.1, -0.05) is 19.3 Å². The van der Waals surface area contributed by atoms with Crippen molar-refractivity contribution >= 4 is 40.6 Å². The maximum absolute atomic E-state index is 12.7. The highest BCUT2D eigenvalue weighted by atomic mass is 16.2. The van der Waals surface area contributed by atoms with E-state index in [4.69, 9.17) is 11.0 Å². The van der Waals surface area contributed by atoms with Gasteiger partial charge in [-0.05, 0) is 62.2 Å². The van der Waals surface area contributed by atoms with Gasteiger partial charge in [-0.25, -0.2) is 0 Å². The SMILES string of the molecule is CC1(N(C=O)c2ccc3c(C(N)=O)c(NC(=O)c4ccc(C#N)cc4)[nH]c3c2)CCCCC1. The maximum atomic E-state index is 12.7. The molecule has 0 unspecified atom stereocenters. The van der Waals surface area contributed by atoms with E-state index in [1.54, 1.807) is 35.2 Å². The summed E-state index contributed by atoms with van der Waals surface area (Å²) in [4.78, 5) is 41.8. The van der Waals surface area contributed by atoms with E-state index in [0.29, 0.717) is 27.7 Å². The van der Waals surface area contributed by atoms with E-state index in [1.165, 1.54) is 18.6 Å². The van der Waals surface area contributed by atoms with Crippen molar-refractivity contribution in [2.45, 2.75) is 44.6 Å². The van der Waals surface area contributed by atoms with E-state index in [0.717, 1.165) is 32.1 Å². The first-order valence-corrected chi connectivity index (χ1v) is 10.9. The quantitative estimate of drug-likeness (QED) is 0.495. The minimum atomic E-state index is -0.685. The fourth-order valence-corrected chi connectivity index (χ4v) is 4.62. The Kier molecular flexibility index (Phi) is 5.88. The highest BCUT2D eigenvalue weighted by molar-refractivity contribution is 6.15. The molecule has 168 valence electrons. The first-order valence-electron chi connectivity index (χ1n) is 10.9.